The lowest BCUT2D eigenvalue weighted by Crippen LogP contribution is -2.51. The lowest BCUT2D eigenvalue weighted by molar-refractivity contribution is 0.0881. The summed E-state index contributed by atoms with van der Waals surface area (Å²) in [6.07, 6.45) is 5.64. The van der Waals surface area contributed by atoms with E-state index in [1.54, 1.807) is 6.07 Å². The molecule has 1 spiro atoms. The number of carbonyl (C=O) groups excluding carboxylic acids is 1. The number of benzene rings is 1. The summed E-state index contributed by atoms with van der Waals surface area (Å²) in [6.45, 7) is 0. The third kappa shape index (κ3) is 1.52. The van der Waals surface area contributed by atoms with Gasteiger partial charge in [0.25, 0.3) is 5.91 Å². The minimum atomic E-state index is 0.0396. The van der Waals surface area contributed by atoms with Gasteiger partial charge in [0.05, 0.1) is 0 Å². The molecule has 3 heteroatoms. The number of amides is 1. The molecule has 3 rings (SSSR count). The van der Waals surface area contributed by atoms with Gasteiger partial charge in [0.2, 0.25) is 0 Å². The summed E-state index contributed by atoms with van der Waals surface area (Å²) in [6, 6.07) is 5.64. The molecule has 1 aliphatic heterocycles. The molecule has 2 aliphatic rings. The molecule has 1 aromatic carbocycles. The van der Waals surface area contributed by atoms with Crippen LogP contribution in [0.4, 0.5) is 0 Å². The Morgan fingerprint density at radius 1 is 1.25 bits per heavy atom. The fourth-order valence-corrected chi connectivity index (χ4v) is 3.16. The fraction of sp³-hybridized carbons (Fsp3) is 0.462. The van der Waals surface area contributed by atoms with Crippen molar-refractivity contribution in [3.05, 3.63) is 34.3 Å². The van der Waals surface area contributed by atoms with E-state index < -0.39 is 0 Å². The van der Waals surface area contributed by atoms with Gasteiger partial charge in [0, 0.05) is 16.1 Å². The van der Waals surface area contributed by atoms with Gasteiger partial charge < -0.3 is 5.32 Å². The first-order valence-corrected chi connectivity index (χ1v) is 6.17. The molecule has 0 atom stereocenters. The van der Waals surface area contributed by atoms with E-state index in [0.717, 1.165) is 30.4 Å². The Bertz CT molecular complexity index is 449. The summed E-state index contributed by atoms with van der Waals surface area (Å²) in [7, 11) is 0. The van der Waals surface area contributed by atoms with E-state index in [1.807, 2.05) is 12.1 Å². The van der Waals surface area contributed by atoms with Crippen LogP contribution in [0.1, 0.15) is 41.6 Å². The standard InChI is InChI=1S/C13H14ClNO/c14-10-4-3-9-8-13(5-1-2-6-13)15-12(16)11(9)7-10/h3-4,7H,1-2,5-6,8H2,(H,15,16). The molecule has 1 aromatic rings. The minimum absolute atomic E-state index is 0.0396. The predicted molar refractivity (Wildman–Crippen MR) is 63.8 cm³/mol. The van der Waals surface area contributed by atoms with Crippen molar-refractivity contribution in [3.8, 4) is 0 Å². The molecule has 0 unspecified atom stereocenters. The van der Waals surface area contributed by atoms with Crippen molar-refractivity contribution in [2.24, 2.45) is 0 Å². The maximum Gasteiger partial charge on any atom is 0.252 e. The second-order valence-corrected chi connectivity index (χ2v) is 5.36. The summed E-state index contributed by atoms with van der Waals surface area (Å²) in [5, 5.41) is 3.81. The van der Waals surface area contributed by atoms with Gasteiger partial charge in [-0.25, -0.2) is 0 Å². The van der Waals surface area contributed by atoms with E-state index in [4.69, 9.17) is 11.6 Å². The number of rotatable bonds is 0. The molecule has 1 heterocycles. The highest BCUT2D eigenvalue weighted by Crippen LogP contribution is 2.37. The van der Waals surface area contributed by atoms with Crippen molar-refractivity contribution in [1.29, 1.82) is 0 Å². The van der Waals surface area contributed by atoms with E-state index in [-0.39, 0.29) is 11.4 Å². The van der Waals surface area contributed by atoms with Crippen LogP contribution in [-0.4, -0.2) is 11.4 Å². The average molecular weight is 236 g/mol. The quantitative estimate of drug-likeness (QED) is 0.736. The number of fused-ring (bicyclic) bond motifs is 1. The number of carbonyl (C=O) groups is 1. The van der Waals surface area contributed by atoms with Crippen LogP contribution in [0.5, 0.6) is 0 Å². The molecule has 16 heavy (non-hydrogen) atoms. The smallest absolute Gasteiger partial charge is 0.252 e. The maximum atomic E-state index is 12.0. The van der Waals surface area contributed by atoms with Crippen LogP contribution in [0.3, 0.4) is 0 Å². The lowest BCUT2D eigenvalue weighted by Gasteiger charge is -2.35. The molecule has 1 N–H and O–H groups in total. The monoisotopic (exact) mass is 235 g/mol. The van der Waals surface area contributed by atoms with Crippen molar-refractivity contribution in [2.45, 2.75) is 37.6 Å². The van der Waals surface area contributed by atoms with E-state index in [0.29, 0.717) is 5.02 Å². The summed E-state index contributed by atoms with van der Waals surface area (Å²) in [4.78, 5) is 12.0. The molecule has 0 aromatic heterocycles. The number of nitrogens with one attached hydrogen (secondary N) is 1. The van der Waals surface area contributed by atoms with Gasteiger partial charge in [0.15, 0.2) is 0 Å². The number of hydrogen-bond donors (Lipinski definition) is 1. The maximum absolute atomic E-state index is 12.0. The third-order valence-corrected chi connectivity index (χ3v) is 4.02. The largest absolute Gasteiger partial charge is 0.346 e. The second-order valence-electron chi connectivity index (χ2n) is 4.92. The lowest BCUT2D eigenvalue weighted by atomic mass is 9.83. The SMILES string of the molecule is O=C1NC2(CCCC2)Cc2ccc(Cl)cc21. The van der Waals surface area contributed by atoms with Crippen LogP contribution >= 0.6 is 11.6 Å². The van der Waals surface area contributed by atoms with Crippen LogP contribution < -0.4 is 5.32 Å². The van der Waals surface area contributed by atoms with Crippen LogP contribution in [0.15, 0.2) is 18.2 Å². The van der Waals surface area contributed by atoms with Crippen molar-refractivity contribution >= 4 is 17.5 Å². The first-order valence-electron chi connectivity index (χ1n) is 5.80. The van der Waals surface area contributed by atoms with Crippen LogP contribution in [0, 0.1) is 0 Å². The molecule has 2 nitrogen and oxygen atoms in total. The zero-order chi connectivity index (χ0) is 11.2. The summed E-state index contributed by atoms with van der Waals surface area (Å²) in [5.74, 6) is 0.0469. The summed E-state index contributed by atoms with van der Waals surface area (Å²) >= 11 is 5.91. The molecular formula is C13H14ClNO. The van der Waals surface area contributed by atoms with Gasteiger partial charge >= 0.3 is 0 Å². The van der Waals surface area contributed by atoms with Gasteiger partial charge in [-0.3, -0.25) is 4.79 Å². The fourth-order valence-electron chi connectivity index (χ4n) is 2.98. The van der Waals surface area contributed by atoms with Gasteiger partial charge in [-0.2, -0.15) is 0 Å². The first-order chi connectivity index (χ1) is 7.69. The molecule has 84 valence electrons. The zero-order valence-corrected chi connectivity index (χ0v) is 9.81. The Morgan fingerprint density at radius 3 is 2.75 bits per heavy atom. The van der Waals surface area contributed by atoms with Crippen molar-refractivity contribution in [2.75, 3.05) is 0 Å². The van der Waals surface area contributed by atoms with Crippen LogP contribution in [0.25, 0.3) is 0 Å². The van der Waals surface area contributed by atoms with E-state index in [2.05, 4.69) is 5.32 Å². The molecule has 1 fully saturated rings. The van der Waals surface area contributed by atoms with Crippen LogP contribution in [-0.2, 0) is 6.42 Å². The van der Waals surface area contributed by atoms with Crippen molar-refractivity contribution in [3.63, 3.8) is 0 Å². The Balaban J connectivity index is 2.02. The van der Waals surface area contributed by atoms with Crippen molar-refractivity contribution in [1.82, 2.24) is 5.32 Å². The highest BCUT2D eigenvalue weighted by molar-refractivity contribution is 6.31. The number of hydrogen-bond acceptors (Lipinski definition) is 1. The first kappa shape index (κ1) is 10.2. The topological polar surface area (TPSA) is 29.1 Å². The third-order valence-electron chi connectivity index (χ3n) is 3.78. The van der Waals surface area contributed by atoms with Crippen molar-refractivity contribution < 1.29 is 4.79 Å². The molecule has 0 bridgehead atoms. The molecule has 1 saturated carbocycles. The predicted octanol–water partition coefficient (Wildman–Crippen LogP) is 2.94. The summed E-state index contributed by atoms with van der Waals surface area (Å²) < 4.78 is 0. The van der Waals surface area contributed by atoms with E-state index in [9.17, 15) is 4.79 Å². The highest BCUT2D eigenvalue weighted by Gasteiger charge is 2.39. The van der Waals surface area contributed by atoms with Gasteiger partial charge in [0.1, 0.15) is 0 Å². The molecular weight excluding hydrogens is 222 g/mol. The zero-order valence-electron chi connectivity index (χ0n) is 9.05. The minimum Gasteiger partial charge on any atom is -0.346 e. The Morgan fingerprint density at radius 2 is 2.00 bits per heavy atom. The van der Waals surface area contributed by atoms with Crippen LogP contribution in [0.2, 0.25) is 5.02 Å². The molecule has 0 radical (unpaired) electrons. The van der Waals surface area contributed by atoms with Gasteiger partial charge in [-0.05, 0) is 37.0 Å². The van der Waals surface area contributed by atoms with Gasteiger partial charge in [-0.1, -0.05) is 30.5 Å². The summed E-state index contributed by atoms with van der Waals surface area (Å²) in [5.41, 5.74) is 1.94. The van der Waals surface area contributed by atoms with E-state index >= 15 is 0 Å². The Kier molecular flexibility index (Phi) is 2.21. The Hall–Kier alpha value is -1.02. The number of halogens is 1. The Labute approximate surface area is 100.0 Å². The molecule has 1 amide bonds. The normalized spacial score (nSPS) is 21.9. The highest BCUT2D eigenvalue weighted by atomic mass is 35.5. The van der Waals surface area contributed by atoms with Gasteiger partial charge in [-0.15, -0.1) is 0 Å². The molecule has 1 aliphatic carbocycles. The molecule has 0 saturated heterocycles. The second kappa shape index (κ2) is 3.49. The van der Waals surface area contributed by atoms with E-state index in [1.165, 1.54) is 12.8 Å². The average Bonchev–Trinajstić information content (AvgIpc) is 2.68.